The number of rotatable bonds is 6. The molecule has 0 aliphatic carbocycles. The van der Waals surface area contributed by atoms with Crippen LogP contribution < -0.4 is 5.32 Å². The largest absolute Gasteiger partial charge is 0.395 e. The van der Waals surface area contributed by atoms with Crippen LogP contribution >= 0.6 is 11.3 Å². The molecule has 0 saturated heterocycles. The highest BCUT2D eigenvalue weighted by Crippen LogP contribution is 2.15. The van der Waals surface area contributed by atoms with Crippen molar-refractivity contribution < 1.29 is 9.90 Å². The quantitative estimate of drug-likeness (QED) is 0.548. The Hall–Kier alpha value is -2.17. The minimum Gasteiger partial charge on any atom is -0.395 e. The number of aromatic amines is 1. The molecule has 2 heterocycles. The zero-order valence-electron chi connectivity index (χ0n) is 11.4. The van der Waals surface area contributed by atoms with Gasteiger partial charge in [-0.15, -0.1) is 11.3 Å². The highest BCUT2D eigenvalue weighted by atomic mass is 32.1. The van der Waals surface area contributed by atoms with Gasteiger partial charge in [-0.05, 0) is 18.6 Å². The van der Waals surface area contributed by atoms with Gasteiger partial charge in [0.05, 0.1) is 16.4 Å². The molecule has 0 radical (unpaired) electrons. The number of aromatic nitrogens is 3. The zero-order valence-corrected chi connectivity index (χ0v) is 12.2. The molecule has 0 saturated carbocycles. The maximum Gasteiger partial charge on any atom is 0.261 e. The molecule has 0 aliphatic rings. The van der Waals surface area contributed by atoms with Gasteiger partial charge in [0, 0.05) is 19.4 Å². The summed E-state index contributed by atoms with van der Waals surface area (Å²) in [6.45, 7) is 0.639. The van der Waals surface area contributed by atoms with Crippen molar-refractivity contribution in [2.45, 2.75) is 19.3 Å². The fourth-order valence-corrected chi connectivity index (χ4v) is 2.43. The lowest BCUT2D eigenvalue weighted by Crippen LogP contribution is -2.23. The number of amides is 1. The molecule has 0 atom stereocenters. The first kappa shape index (κ1) is 15.2. The van der Waals surface area contributed by atoms with Gasteiger partial charge in [0.2, 0.25) is 0 Å². The standard InChI is InChI=1S/C14H16N4O2S/c19-9-2-1-4-11-6-7-12(21-11)14(20)15-8-3-5-13-16-10-17-18-13/h6-7,10,19H,2-3,5,8-9H2,(H,15,20)(H,16,17,18). The number of aliphatic hydroxyl groups is 1. The summed E-state index contributed by atoms with van der Waals surface area (Å²) in [6.07, 6.45) is 3.47. The van der Waals surface area contributed by atoms with Crippen molar-refractivity contribution in [1.29, 1.82) is 0 Å². The van der Waals surface area contributed by atoms with E-state index >= 15 is 0 Å². The first-order valence-corrected chi connectivity index (χ1v) is 7.43. The smallest absolute Gasteiger partial charge is 0.261 e. The second-order valence-corrected chi connectivity index (χ2v) is 5.31. The van der Waals surface area contributed by atoms with Gasteiger partial charge >= 0.3 is 0 Å². The van der Waals surface area contributed by atoms with Crippen LogP contribution in [0.5, 0.6) is 0 Å². The Morgan fingerprint density at radius 2 is 2.38 bits per heavy atom. The molecule has 0 aromatic carbocycles. The molecule has 110 valence electrons. The third-order valence-electron chi connectivity index (χ3n) is 2.62. The van der Waals surface area contributed by atoms with E-state index in [1.807, 2.05) is 6.07 Å². The van der Waals surface area contributed by atoms with Crippen molar-refractivity contribution in [3.8, 4) is 11.8 Å². The molecule has 2 aromatic rings. The van der Waals surface area contributed by atoms with Crippen molar-refractivity contribution in [3.63, 3.8) is 0 Å². The number of nitrogens with one attached hydrogen (secondary N) is 2. The van der Waals surface area contributed by atoms with Crippen LogP contribution in [0, 0.1) is 11.8 Å². The number of hydrogen-bond acceptors (Lipinski definition) is 5. The third-order valence-corrected chi connectivity index (χ3v) is 3.62. The van der Waals surface area contributed by atoms with Crippen LogP contribution in [-0.2, 0) is 6.42 Å². The summed E-state index contributed by atoms with van der Waals surface area (Å²) in [5.74, 6) is 6.48. The van der Waals surface area contributed by atoms with Gasteiger partial charge in [-0.25, -0.2) is 4.98 Å². The van der Waals surface area contributed by atoms with E-state index in [2.05, 4.69) is 32.3 Å². The van der Waals surface area contributed by atoms with E-state index in [9.17, 15) is 4.79 Å². The molecule has 0 bridgehead atoms. The highest BCUT2D eigenvalue weighted by molar-refractivity contribution is 7.14. The second kappa shape index (κ2) is 8.19. The molecule has 2 rings (SSSR count). The second-order valence-electron chi connectivity index (χ2n) is 4.23. The summed E-state index contributed by atoms with van der Waals surface area (Å²) in [7, 11) is 0. The van der Waals surface area contributed by atoms with E-state index in [4.69, 9.17) is 5.11 Å². The molecular weight excluding hydrogens is 288 g/mol. The van der Waals surface area contributed by atoms with Gasteiger partial charge in [-0.1, -0.05) is 11.8 Å². The van der Waals surface area contributed by atoms with Crippen LogP contribution in [0.1, 0.15) is 33.2 Å². The molecule has 1 amide bonds. The Morgan fingerprint density at radius 1 is 1.48 bits per heavy atom. The molecule has 21 heavy (non-hydrogen) atoms. The minimum absolute atomic E-state index is 0.0525. The van der Waals surface area contributed by atoms with Crippen LogP contribution in [0.25, 0.3) is 0 Å². The minimum atomic E-state index is -0.0900. The lowest BCUT2D eigenvalue weighted by atomic mass is 10.3. The molecule has 6 nitrogen and oxygen atoms in total. The molecule has 0 fully saturated rings. The predicted octanol–water partition coefficient (Wildman–Crippen LogP) is 0.963. The number of nitrogens with zero attached hydrogens (tertiary/aromatic N) is 2. The van der Waals surface area contributed by atoms with Gasteiger partial charge in [-0.3, -0.25) is 9.89 Å². The number of carbonyl (C=O) groups excluding carboxylic acids is 1. The summed E-state index contributed by atoms with van der Waals surface area (Å²) in [6, 6.07) is 3.58. The Labute approximate surface area is 126 Å². The highest BCUT2D eigenvalue weighted by Gasteiger charge is 2.07. The first-order valence-electron chi connectivity index (χ1n) is 6.61. The average Bonchev–Trinajstić information content (AvgIpc) is 3.15. The van der Waals surface area contributed by atoms with Gasteiger partial charge in [0.1, 0.15) is 12.2 Å². The number of H-pyrrole nitrogens is 1. The van der Waals surface area contributed by atoms with E-state index in [0.29, 0.717) is 17.8 Å². The summed E-state index contributed by atoms with van der Waals surface area (Å²) in [5.41, 5.74) is 0. The summed E-state index contributed by atoms with van der Waals surface area (Å²) in [5, 5.41) is 18.1. The fourth-order valence-electron chi connectivity index (χ4n) is 1.63. The van der Waals surface area contributed by atoms with Gasteiger partial charge in [-0.2, -0.15) is 5.10 Å². The summed E-state index contributed by atoms with van der Waals surface area (Å²) < 4.78 is 0. The third kappa shape index (κ3) is 5.02. The summed E-state index contributed by atoms with van der Waals surface area (Å²) >= 11 is 1.35. The van der Waals surface area contributed by atoms with E-state index < -0.39 is 0 Å². The van der Waals surface area contributed by atoms with Crippen LogP contribution in [0.4, 0.5) is 0 Å². The van der Waals surface area contributed by atoms with Crippen molar-refractivity contribution in [1.82, 2.24) is 20.5 Å². The zero-order chi connectivity index (χ0) is 14.9. The molecule has 7 heteroatoms. The van der Waals surface area contributed by atoms with E-state index in [1.54, 1.807) is 6.07 Å². The van der Waals surface area contributed by atoms with Crippen molar-refractivity contribution in [2.75, 3.05) is 13.2 Å². The predicted molar refractivity (Wildman–Crippen MR) is 79.9 cm³/mol. The number of aryl methyl sites for hydroxylation is 1. The van der Waals surface area contributed by atoms with Crippen molar-refractivity contribution in [2.24, 2.45) is 0 Å². The van der Waals surface area contributed by atoms with Crippen LogP contribution in [0.3, 0.4) is 0 Å². The molecule has 2 aromatic heterocycles. The van der Waals surface area contributed by atoms with Gasteiger partial charge < -0.3 is 10.4 Å². The van der Waals surface area contributed by atoms with Crippen LogP contribution in [0.15, 0.2) is 18.5 Å². The Morgan fingerprint density at radius 3 is 3.14 bits per heavy atom. The maximum absolute atomic E-state index is 11.9. The number of thiophene rings is 1. The van der Waals surface area contributed by atoms with Crippen molar-refractivity contribution >= 4 is 17.2 Å². The Balaban J connectivity index is 1.74. The fraction of sp³-hybridized carbons (Fsp3) is 0.357. The van der Waals surface area contributed by atoms with Crippen molar-refractivity contribution in [3.05, 3.63) is 34.0 Å². The molecule has 0 spiro atoms. The molecule has 0 unspecified atom stereocenters. The number of carbonyl (C=O) groups is 1. The van der Waals surface area contributed by atoms with E-state index in [-0.39, 0.29) is 12.5 Å². The summed E-state index contributed by atoms with van der Waals surface area (Å²) in [4.78, 5) is 17.4. The van der Waals surface area contributed by atoms with Gasteiger partial charge in [0.25, 0.3) is 5.91 Å². The number of hydrogen-bond donors (Lipinski definition) is 3. The monoisotopic (exact) mass is 304 g/mol. The van der Waals surface area contributed by atoms with Crippen LogP contribution in [0.2, 0.25) is 0 Å². The van der Waals surface area contributed by atoms with E-state index in [1.165, 1.54) is 17.7 Å². The van der Waals surface area contributed by atoms with Gasteiger partial charge in [0.15, 0.2) is 0 Å². The Bertz CT molecular complexity index is 625. The Kier molecular flexibility index (Phi) is 5.94. The lowest BCUT2D eigenvalue weighted by molar-refractivity contribution is 0.0957. The average molecular weight is 304 g/mol. The van der Waals surface area contributed by atoms with E-state index in [0.717, 1.165) is 23.5 Å². The topological polar surface area (TPSA) is 90.9 Å². The van der Waals surface area contributed by atoms with Crippen LogP contribution in [-0.4, -0.2) is 39.3 Å². The molecule has 0 aliphatic heterocycles. The number of aliphatic hydroxyl groups excluding tert-OH is 1. The maximum atomic E-state index is 11.9. The normalized spacial score (nSPS) is 9.95. The SMILES string of the molecule is O=C(NCCCc1ncn[nH]1)c1ccc(C#CCCO)s1. The first-order chi connectivity index (χ1) is 10.3. The lowest BCUT2D eigenvalue weighted by Gasteiger charge is -2.01. The molecular formula is C14H16N4O2S. The molecule has 3 N–H and O–H groups in total.